The molecule has 0 bridgehead atoms. The van der Waals surface area contributed by atoms with Gasteiger partial charge in [-0.05, 0) is 25.7 Å². The molecule has 0 amide bonds. The van der Waals surface area contributed by atoms with Crippen molar-refractivity contribution in [3.8, 4) is 0 Å². The largest absolute Gasteiger partial charge is 0.308 e. The van der Waals surface area contributed by atoms with Gasteiger partial charge in [-0.3, -0.25) is 4.79 Å². The van der Waals surface area contributed by atoms with Gasteiger partial charge in [-0.2, -0.15) is 12.6 Å². The van der Waals surface area contributed by atoms with Crippen LogP contribution >= 0.6 is 12.6 Å². The lowest BCUT2D eigenvalue weighted by atomic mass is 9.90. The van der Waals surface area contributed by atoms with Crippen molar-refractivity contribution in [3.63, 3.8) is 0 Å². The predicted molar refractivity (Wildman–Crippen MR) is 70.1 cm³/mol. The van der Waals surface area contributed by atoms with Gasteiger partial charge >= 0.3 is 0 Å². The summed E-state index contributed by atoms with van der Waals surface area (Å²) in [6.07, 6.45) is 10.9. The molecule has 0 saturated heterocycles. The molecule has 2 nitrogen and oxygen atoms in total. The van der Waals surface area contributed by atoms with Gasteiger partial charge in [0.15, 0.2) is 0 Å². The maximum atomic E-state index is 11.6. The highest BCUT2D eigenvalue weighted by molar-refractivity contribution is 7.81. The minimum atomic E-state index is 0.134. The Morgan fingerprint density at radius 1 is 1.19 bits per heavy atom. The van der Waals surface area contributed by atoms with Gasteiger partial charge in [0.25, 0.3) is 0 Å². The first-order valence-corrected chi connectivity index (χ1v) is 7.28. The number of carbonyl (C=O) groups excluding carboxylic acids is 1. The molecular weight excluding hydrogens is 218 g/mol. The summed E-state index contributed by atoms with van der Waals surface area (Å²) in [6, 6.07) is 0.672. The first-order chi connectivity index (χ1) is 7.74. The average Bonchev–Trinajstić information content (AvgIpc) is 2.91. The zero-order chi connectivity index (χ0) is 11.4. The maximum Gasteiger partial charge on any atom is 0.144 e. The summed E-state index contributed by atoms with van der Waals surface area (Å²) in [7, 11) is 0. The molecule has 0 radical (unpaired) electrons. The van der Waals surface area contributed by atoms with E-state index in [0.29, 0.717) is 24.0 Å². The fourth-order valence-corrected chi connectivity index (χ4v) is 3.47. The van der Waals surface area contributed by atoms with Crippen LogP contribution in [0.1, 0.15) is 57.8 Å². The summed E-state index contributed by atoms with van der Waals surface area (Å²) >= 11 is 4.10. The number of hydrogen-bond acceptors (Lipinski definition) is 3. The molecular formula is C13H23NOS. The van der Waals surface area contributed by atoms with E-state index in [9.17, 15) is 4.79 Å². The molecule has 2 saturated carbocycles. The van der Waals surface area contributed by atoms with Crippen LogP contribution in [0, 0.1) is 0 Å². The first-order valence-electron chi connectivity index (χ1n) is 6.64. The number of thiol groups is 1. The predicted octanol–water partition coefficient (Wildman–Crippen LogP) is 2.72. The van der Waals surface area contributed by atoms with E-state index in [1.54, 1.807) is 0 Å². The SMILES string of the molecule is O=C(CS)CC1(NC2CCCC2)CCCC1. The summed E-state index contributed by atoms with van der Waals surface area (Å²) in [4.78, 5) is 11.6. The lowest BCUT2D eigenvalue weighted by Gasteiger charge is -2.33. The van der Waals surface area contributed by atoms with E-state index in [-0.39, 0.29) is 5.54 Å². The number of Topliss-reactive ketones (excluding diaryl/α,β-unsaturated/α-hetero) is 1. The lowest BCUT2D eigenvalue weighted by molar-refractivity contribution is -0.118. The second kappa shape index (κ2) is 5.54. The summed E-state index contributed by atoms with van der Waals surface area (Å²) < 4.78 is 0. The molecule has 2 rings (SSSR count). The summed E-state index contributed by atoms with van der Waals surface area (Å²) in [5.74, 6) is 0.699. The van der Waals surface area contributed by atoms with E-state index in [0.717, 1.165) is 0 Å². The van der Waals surface area contributed by atoms with Crippen LogP contribution in [0.4, 0.5) is 0 Å². The topological polar surface area (TPSA) is 29.1 Å². The Bertz CT molecular complexity index is 242. The Hall–Kier alpha value is -0.0200. The summed E-state index contributed by atoms with van der Waals surface area (Å²) in [5.41, 5.74) is 0.134. The molecule has 0 spiro atoms. The van der Waals surface area contributed by atoms with E-state index in [1.807, 2.05) is 0 Å². The van der Waals surface area contributed by atoms with Crippen molar-refractivity contribution in [1.82, 2.24) is 5.32 Å². The van der Waals surface area contributed by atoms with Gasteiger partial charge in [-0.25, -0.2) is 0 Å². The minimum absolute atomic E-state index is 0.134. The van der Waals surface area contributed by atoms with Crippen molar-refractivity contribution in [3.05, 3.63) is 0 Å². The molecule has 2 aliphatic rings. The van der Waals surface area contributed by atoms with Gasteiger partial charge < -0.3 is 5.32 Å². The summed E-state index contributed by atoms with van der Waals surface area (Å²) in [6.45, 7) is 0. The molecule has 0 aromatic rings. The second-order valence-corrected chi connectivity index (χ2v) is 5.80. The van der Waals surface area contributed by atoms with Gasteiger partial charge in [-0.15, -0.1) is 0 Å². The molecule has 0 heterocycles. The smallest absolute Gasteiger partial charge is 0.144 e. The number of nitrogens with one attached hydrogen (secondary N) is 1. The Labute approximate surface area is 104 Å². The molecule has 2 fully saturated rings. The van der Waals surface area contributed by atoms with E-state index < -0.39 is 0 Å². The molecule has 2 aliphatic carbocycles. The third-order valence-corrected chi connectivity index (χ3v) is 4.49. The zero-order valence-electron chi connectivity index (χ0n) is 10.0. The van der Waals surface area contributed by atoms with Gasteiger partial charge in [-0.1, -0.05) is 25.7 Å². The molecule has 1 N–H and O–H groups in total. The van der Waals surface area contributed by atoms with Crippen LogP contribution in [0.15, 0.2) is 0 Å². The Balaban J connectivity index is 1.94. The Morgan fingerprint density at radius 2 is 1.81 bits per heavy atom. The Kier molecular flexibility index (Phi) is 4.31. The molecule has 0 unspecified atom stereocenters. The van der Waals surface area contributed by atoms with Crippen molar-refractivity contribution >= 4 is 18.4 Å². The third kappa shape index (κ3) is 3.01. The standard InChI is InChI=1S/C13H23NOS/c15-12(10-16)9-13(7-3-4-8-13)14-11-5-1-2-6-11/h11,14,16H,1-10H2. The van der Waals surface area contributed by atoms with Crippen LogP contribution in [0.3, 0.4) is 0 Å². The molecule has 0 aliphatic heterocycles. The van der Waals surface area contributed by atoms with Gasteiger partial charge in [0, 0.05) is 23.8 Å². The number of ketones is 1. The van der Waals surface area contributed by atoms with Gasteiger partial charge in [0.2, 0.25) is 0 Å². The normalized spacial score (nSPS) is 25.1. The highest BCUT2D eigenvalue weighted by Crippen LogP contribution is 2.35. The number of rotatable bonds is 5. The Morgan fingerprint density at radius 3 is 2.38 bits per heavy atom. The molecule has 0 aromatic carbocycles. The van der Waals surface area contributed by atoms with Crippen LogP contribution in [-0.2, 0) is 4.79 Å². The minimum Gasteiger partial charge on any atom is -0.308 e. The van der Waals surface area contributed by atoms with E-state index in [2.05, 4.69) is 17.9 Å². The zero-order valence-corrected chi connectivity index (χ0v) is 10.9. The summed E-state index contributed by atoms with van der Waals surface area (Å²) in [5, 5.41) is 3.80. The molecule has 3 heteroatoms. The fourth-order valence-electron chi connectivity index (χ4n) is 3.36. The van der Waals surface area contributed by atoms with Crippen molar-refractivity contribution in [2.24, 2.45) is 0 Å². The average molecular weight is 241 g/mol. The number of carbonyl (C=O) groups is 1. The molecule has 92 valence electrons. The molecule has 16 heavy (non-hydrogen) atoms. The highest BCUT2D eigenvalue weighted by atomic mass is 32.1. The number of hydrogen-bond donors (Lipinski definition) is 2. The lowest BCUT2D eigenvalue weighted by Crippen LogP contribution is -2.49. The van der Waals surface area contributed by atoms with Crippen LogP contribution in [0.2, 0.25) is 0 Å². The van der Waals surface area contributed by atoms with Crippen molar-refractivity contribution in [2.75, 3.05) is 5.75 Å². The van der Waals surface area contributed by atoms with Crippen LogP contribution in [-0.4, -0.2) is 23.1 Å². The second-order valence-electron chi connectivity index (χ2n) is 5.49. The maximum absolute atomic E-state index is 11.6. The van der Waals surface area contributed by atoms with Gasteiger partial charge in [0.05, 0.1) is 0 Å². The van der Waals surface area contributed by atoms with E-state index in [1.165, 1.54) is 51.4 Å². The highest BCUT2D eigenvalue weighted by Gasteiger charge is 2.37. The molecule has 0 aromatic heterocycles. The van der Waals surface area contributed by atoms with Crippen molar-refractivity contribution < 1.29 is 4.79 Å². The monoisotopic (exact) mass is 241 g/mol. The fraction of sp³-hybridized carbons (Fsp3) is 0.923. The van der Waals surface area contributed by atoms with E-state index >= 15 is 0 Å². The van der Waals surface area contributed by atoms with Crippen LogP contribution in [0.25, 0.3) is 0 Å². The van der Waals surface area contributed by atoms with Crippen LogP contribution < -0.4 is 5.32 Å². The van der Waals surface area contributed by atoms with Crippen molar-refractivity contribution in [2.45, 2.75) is 69.4 Å². The molecule has 0 atom stereocenters. The van der Waals surface area contributed by atoms with E-state index in [4.69, 9.17) is 0 Å². The van der Waals surface area contributed by atoms with Crippen molar-refractivity contribution in [1.29, 1.82) is 0 Å². The van der Waals surface area contributed by atoms with Crippen LogP contribution in [0.5, 0.6) is 0 Å². The third-order valence-electron chi connectivity index (χ3n) is 4.14. The van der Waals surface area contributed by atoms with Gasteiger partial charge in [0.1, 0.15) is 5.78 Å². The first kappa shape index (κ1) is 12.4. The quantitative estimate of drug-likeness (QED) is 0.725.